The first-order valence-electron chi connectivity index (χ1n) is 11.7. The molecule has 8 heteroatoms. The van der Waals surface area contributed by atoms with Gasteiger partial charge in [0.15, 0.2) is 17.3 Å². The van der Waals surface area contributed by atoms with Gasteiger partial charge >= 0.3 is 6.03 Å². The highest BCUT2D eigenvalue weighted by atomic mass is 16.5. The first-order chi connectivity index (χ1) is 16.6. The van der Waals surface area contributed by atoms with E-state index in [2.05, 4.69) is 51.6 Å². The number of carbonyl (C=O) groups excluding carboxylic acids is 1. The van der Waals surface area contributed by atoms with E-state index in [1.165, 1.54) is 5.56 Å². The van der Waals surface area contributed by atoms with Crippen LogP contribution in [0.15, 0.2) is 54.6 Å². The molecule has 4 rings (SSSR count). The van der Waals surface area contributed by atoms with Gasteiger partial charge in [-0.1, -0.05) is 29.8 Å². The number of hydrogen-bond donors (Lipinski definition) is 1. The van der Waals surface area contributed by atoms with Crippen LogP contribution in [0.3, 0.4) is 0 Å². The maximum atomic E-state index is 12.8. The molecule has 1 aromatic heterocycles. The topological polar surface area (TPSA) is 79.8 Å². The molecule has 178 valence electrons. The molecule has 0 aliphatic carbocycles. The normalized spacial score (nSPS) is 13.5. The van der Waals surface area contributed by atoms with E-state index in [0.717, 1.165) is 17.1 Å². The lowest BCUT2D eigenvalue weighted by Crippen LogP contribution is -2.50. The number of carbonyl (C=O) groups is 1. The van der Waals surface area contributed by atoms with Crippen molar-refractivity contribution in [2.75, 3.05) is 49.6 Å². The molecule has 1 saturated heterocycles. The molecule has 0 atom stereocenters. The predicted molar refractivity (Wildman–Crippen MR) is 134 cm³/mol. The number of aromatic nitrogens is 2. The van der Waals surface area contributed by atoms with Crippen molar-refractivity contribution in [3.8, 4) is 22.8 Å². The number of aryl methyl sites for hydroxylation is 1. The summed E-state index contributed by atoms with van der Waals surface area (Å²) in [5, 5.41) is 11.8. The zero-order chi connectivity index (χ0) is 23.9. The van der Waals surface area contributed by atoms with Crippen LogP contribution >= 0.6 is 0 Å². The molecule has 8 nitrogen and oxygen atoms in total. The summed E-state index contributed by atoms with van der Waals surface area (Å²) in [6.07, 6.45) is 0. The standard InChI is InChI=1S/C26H31N5O3/c1-4-33-23-12-10-21(18-24(23)34-5-2)27-26(32)31-16-14-30(15-17-31)25-13-11-22(28-29-25)20-8-6-19(3)7-9-20/h6-13,18H,4-5,14-17H2,1-3H3,(H,27,32). The van der Waals surface area contributed by atoms with E-state index >= 15 is 0 Å². The largest absolute Gasteiger partial charge is 0.490 e. The summed E-state index contributed by atoms with van der Waals surface area (Å²) < 4.78 is 11.2. The number of benzene rings is 2. The van der Waals surface area contributed by atoms with Crippen molar-refractivity contribution in [3.63, 3.8) is 0 Å². The Balaban J connectivity index is 1.33. The molecule has 1 aliphatic rings. The number of hydrogen-bond acceptors (Lipinski definition) is 6. The number of urea groups is 1. The lowest BCUT2D eigenvalue weighted by molar-refractivity contribution is 0.208. The van der Waals surface area contributed by atoms with Crippen LogP contribution in [0, 0.1) is 6.92 Å². The fraction of sp³-hybridized carbons (Fsp3) is 0.346. The highest BCUT2D eigenvalue weighted by Gasteiger charge is 2.22. The Morgan fingerprint density at radius 3 is 2.24 bits per heavy atom. The smallest absolute Gasteiger partial charge is 0.321 e. The van der Waals surface area contributed by atoms with Crippen LogP contribution < -0.4 is 19.7 Å². The third-order valence-corrected chi connectivity index (χ3v) is 5.68. The fourth-order valence-corrected chi connectivity index (χ4v) is 3.84. The summed E-state index contributed by atoms with van der Waals surface area (Å²) in [6, 6.07) is 17.5. The first kappa shape index (κ1) is 23.4. The number of nitrogens with one attached hydrogen (secondary N) is 1. The Morgan fingerprint density at radius 2 is 1.59 bits per heavy atom. The Hall–Kier alpha value is -3.81. The second-order valence-corrected chi connectivity index (χ2v) is 8.07. The third-order valence-electron chi connectivity index (χ3n) is 5.68. The molecule has 1 aliphatic heterocycles. The molecule has 2 amide bonds. The molecule has 0 bridgehead atoms. The van der Waals surface area contributed by atoms with Crippen LogP contribution in [-0.2, 0) is 0 Å². The van der Waals surface area contributed by atoms with E-state index < -0.39 is 0 Å². The Labute approximate surface area is 200 Å². The minimum absolute atomic E-state index is 0.132. The minimum atomic E-state index is -0.132. The van der Waals surface area contributed by atoms with Crippen molar-refractivity contribution in [2.45, 2.75) is 20.8 Å². The van der Waals surface area contributed by atoms with Crippen molar-refractivity contribution >= 4 is 17.5 Å². The molecule has 1 N–H and O–H groups in total. The number of nitrogens with zero attached hydrogens (tertiary/aromatic N) is 4. The van der Waals surface area contributed by atoms with Gasteiger partial charge in [0, 0.05) is 43.5 Å². The molecule has 0 saturated carbocycles. The average Bonchev–Trinajstić information content (AvgIpc) is 2.86. The number of rotatable bonds is 7. The molecule has 34 heavy (non-hydrogen) atoms. The molecule has 3 aromatic rings. The van der Waals surface area contributed by atoms with Gasteiger partial charge in [-0.15, -0.1) is 10.2 Å². The molecule has 0 radical (unpaired) electrons. The van der Waals surface area contributed by atoms with Gasteiger partial charge < -0.3 is 24.6 Å². The van der Waals surface area contributed by atoms with Gasteiger partial charge in [0.2, 0.25) is 0 Å². The highest BCUT2D eigenvalue weighted by molar-refractivity contribution is 5.90. The van der Waals surface area contributed by atoms with Gasteiger partial charge in [-0.3, -0.25) is 0 Å². The lowest BCUT2D eigenvalue weighted by atomic mass is 10.1. The second-order valence-electron chi connectivity index (χ2n) is 8.07. The van der Waals surface area contributed by atoms with Crippen LogP contribution in [-0.4, -0.2) is 60.5 Å². The van der Waals surface area contributed by atoms with Crippen LogP contribution in [0.25, 0.3) is 11.3 Å². The van der Waals surface area contributed by atoms with Gasteiger partial charge in [0.25, 0.3) is 0 Å². The monoisotopic (exact) mass is 461 g/mol. The van der Waals surface area contributed by atoms with Crippen LogP contribution in [0.1, 0.15) is 19.4 Å². The maximum Gasteiger partial charge on any atom is 0.321 e. The van der Waals surface area contributed by atoms with Gasteiger partial charge in [0.1, 0.15) is 0 Å². The zero-order valence-corrected chi connectivity index (χ0v) is 20.0. The van der Waals surface area contributed by atoms with Crippen molar-refractivity contribution in [1.82, 2.24) is 15.1 Å². The Morgan fingerprint density at radius 1 is 0.882 bits per heavy atom. The summed E-state index contributed by atoms with van der Waals surface area (Å²) in [4.78, 5) is 16.8. The van der Waals surface area contributed by atoms with Crippen LogP contribution in [0.4, 0.5) is 16.3 Å². The molecule has 0 spiro atoms. The number of amides is 2. The molecular formula is C26H31N5O3. The highest BCUT2D eigenvalue weighted by Crippen LogP contribution is 2.31. The predicted octanol–water partition coefficient (Wildman–Crippen LogP) is 4.60. The third kappa shape index (κ3) is 5.57. The van der Waals surface area contributed by atoms with Gasteiger partial charge in [-0.05, 0) is 45.0 Å². The molecule has 2 heterocycles. The summed E-state index contributed by atoms with van der Waals surface area (Å²) in [6.45, 7) is 9.57. The van der Waals surface area contributed by atoms with Crippen LogP contribution in [0.2, 0.25) is 0 Å². The molecule has 0 unspecified atom stereocenters. The molecular weight excluding hydrogens is 430 g/mol. The SMILES string of the molecule is CCOc1ccc(NC(=O)N2CCN(c3ccc(-c4ccc(C)cc4)nn3)CC2)cc1OCC. The maximum absolute atomic E-state index is 12.8. The van der Waals surface area contributed by atoms with Crippen molar-refractivity contribution < 1.29 is 14.3 Å². The zero-order valence-electron chi connectivity index (χ0n) is 20.0. The average molecular weight is 462 g/mol. The summed E-state index contributed by atoms with van der Waals surface area (Å²) in [5.41, 5.74) is 3.79. The fourth-order valence-electron chi connectivity index (χ4n) is 3.84. The van der Waals surface area contributed by atoms with E-state index in [1.807, 2.05) is 38.1 Å². The van der Waals surface area contributed by atoms with Crippen LogP contribution in [0.5, 0.6) is 11.5 Å². The number of anilines is 2. The minimum Gasteiger partial charge on any atom is -0.490 e. The molecule has 2 aromatic carbocycles. The van der Waals surface area contributed by atoms with Gasteiger partial charge in [0.05, 0.1) is 18.9 Å². The number of piperazine rings is 1. The van der Waals surface area contributed by atoms with Crippen molar-refractivity contribution in [3.05, 3.63) is 60.2 Å². The van der Waals surface area contributed by atoms with Crippen molar-refractivity contribution in [1.29, 1.82) is 0 Å². The van der Waals surface area contributed by atoms with Crippen molar-refractivity contribution in [2.24, 2.45) is 0 Å². The van der Waals surface area contributed by atoms with E-state index in [4.69, 9.17) is 9.47 Å². The van der Waals surface area contributed by atoms with E-state index in [1.54, 1.807) is 11.0 Å². The summed E-state index contributed by atoms with van der Waals surface area (Å²) in [7, 11) is 0. The quantitative estimate of drug-likeness (QED) is 0.554. The molecule has 1 fully saturated rings. The second kappa shape index (κ2) is 10.9. The summed E-state index contributed by atoms with van der Waals surface area (Å²) >= 11 is 0. The Bertz CT molecular complexity index is 1090. The van der Waals surface area contributed by atoms with Gasteiger partial charge in [-0.25, -0.2) is 4.79 Å². The number of ether oxygens (including phenoxy) is 2. The Kier molecular flexibility index (Phi) is 7.47. The van der Waals surface area contributed by atoms with Gasteiger partial charge in [-0.2, -0.15) is 0 Å². The van der Waals surface area contributed by atoms with E-state index in [9.17, 15) is 4.79 Å². The first-order valence-corrected chi connectivity index (χ1v) is 11.7. The van der Waals surface area contributed by atoms with E-state index in [-0.39, 0.29) is 6.03 Å². The van der Waals surface area contributed by atoms with E-state index in [0.29, 0.717) is 56.6 Å². The lowest BCUT2D eigenvalue weighted by Gasteiger charge is -2.35. The summed E-state index contributed by atoms with van der Waals surface area (Å²) in [5.74, 6) is 2.12.